The fourth-order valence-electron chi connectivity index (χ4n) is 2.73. The first-order valence-corrected chi connectivity index (χ1v) is 7.36. The number of hydrogen-bond acceptors (Lipinski definition) is 1. The molecule has 0 spiro atoms. The van der Waals surface area contributed by atoms with Gasteiger partial charge in [0.15, 0.2) is 5.78 Å². The molecule has 0 aliphatic carbocycles. The van der Waals surface area contributed by atoms with E-state index in [0.717, 1.165) is 28.5 Å². The summed E-state index contributed by atoms with van der Waals surface area (Å²) in [6, 6.07) is 14.3. The van der Waals surface area contributed by atoms with Gasteiger partial charge in [-0.1, -0.05) is 55.0 Å². The average Bonchev–Trinajstić information content (AvgIpc) is 2.93. The van der Waals surface area contributed by atoms with Gasteiger partial charge in [-0.25, -0.2) is 0 Å². The van der Waals surface area contributed by atoms with Crippen molar-refractivity contribution in [2.24, 2.45) is 0 Å². The van der Waals surface area contributed by atoms with Crippen molar-refractivity contribution in [2.75, 3.05) is 0 Å². The highest BCUT2D eigenvalue weighted by Crippen LogP contribution is 2.23. The van der Waals surface area contributed by atoms with E-state index in [4.69, 9.17) is 0 Å². The van der Waals surface area contributed by atoms with Crippen LogP contribution in [-0.2, 0) is 12.8 Å². The van der Waals surface area contributed by atoms with Crippen molar-refractivity contribution in [3.63, 3.8) is 0 Å². The van der Waals surface area contributed by atoms with Crippen LogP contribution in [0, 0.1) is 6.92 Å². The van der Waals surface area contributed by atoms with Crippen molar-refractivity contribution in [1.82, 2.24) is 4.98 Å². The Hall–Kier alpha value is -2.35. The monoisotopic (exact) mass is 277 g/mol. The molecule has 106 valence electrons. The maximum absolute atomic E-state index is 12.6. The molecule has 3 aromatic rings. The summed E-state index contributed by atoms with van der Waals surface area (Å²) < 4.78 is 0. The van der Waals surface area contributed by atoms with E-state index in [9.17, 15) is 4.79 Å². The number of hydrogen-bond donors (Lipinski definition) is 1. The molecule has 0 aliphatic rings. The van der Waals surface area contributed by atoms with E-state index in [0.29, 0.717) is 6.42 Å². The number of para-hydroxylation sites is 1. The Balaban J connectivity index is 1.93. The molecule has 1 aromatic heterocycles. The maximum Gasteiger partial charge on any atom is 0.169 e. The van der Waals surface area contributed by atoms with Crippen LogP contribution in [0.5, 0.6) is 0 Å². The van der Waals surface area contributed by atoms with E-state index in [1.165, 1.54) is 11.1 Å². The molecular weight excluding hydrogens is 258 g/mol. The lowest BCUT2D eigenvalue weighted by atomic mass is 10.0. The molecule has 0 saturated heterocycles. The van der Waals surface area contributed by atoms with Crippen molar-refractivity contribution in [1.29, 1.82) is 0 Å². The number of rotatable bonds is 4. The Kier molecular flexibility index (Phi) is 3.61. The smallest absolute Gasteiger partial charge is 0.169 e. The molecule has 21 heavy (non-hydrogen) atoms. The van der Waals surface area contributed by atoms with E-state index in [1.54, 1.807) is 0 Å². The number of Topliss-reactive ketones (excluding diaryl/α,β-unsaturated/α-hetero) is 1. The largest absolute Gasteiger partial charge is 0.360 e. The van der Waals surface area contributed by atoms with Crippen molar-refractivity contribution >= 4 is 16.7 Å². The van der Waals surface area contributed by atoms with Gasteiger partial charge < -0.3 is 4.98 Å². The minimum Gasteiger partial charge on any atom is -0.360 e. The van der Waals surface area contributed by atoms with Gasteiger partial charge >= 0.3 is 0 Å². The van der Waals surface area contributed by atoms with Gasteiger partial charge in [0.05, 0.1) is 0 Å². The van der Waals surface area contributed by atoms with E-state index in [-0.39, 0.29) is 5.78 Å². The standard InChI is InChI=1S/C19H19NO/c1-3-15-5-4-6-16-17(12-20-19(15)16)18(21)11-14-9-7-13(2)8-10-14/h4-10,12,20H,3,11H2,1-2H3. The first kappa shape index (κ1) is 13.6. The summed E-state index contributed by atoms with van der Waals surface area (Å²) in [6.07, 6.45) is 3.26. The first-order chi connectivity index (χ1) is 10.2. The highest BCUT2D eigenvalue weighted by Gasteiger charge is 2.13. The molecule has 0 unspecified atom stereocenters. The second kappa shape index (κ2) is 5.57. The fourth-order valence-corrected chi connectivity index (χ4v) is 2.73. The van der Waals surface area contributed by atoms with Gasteiger partial charge in [-0.2, -0.15) is 0 Å². The molecule has 3 rings (SSSR count). The molecule has 1 N–H and O–H groups in total. The lowest BCUT2D eigenvalue weighted by Crippen LogP contribution is -2.02. The fraction of sp³-hybridized carbons (Fsp3) is 0.211. The van der Waals surface area contributed by atoms with Gasteiger partial charge in [-0.15, -0.1) is 0 Å². The number of aryl methyl sites for hydroxylation is 2. The molecule has 0 atom stereocenters. The van der Waals surface area contributed by atoms with Gasteiger partial charge in [0.2, 0.25) is 0 Å². The number of fused-ring (bicyclic) bond motifs is 1. The van der Waals surface area contributed by atoms with Crippen molar-refractivity contribution in [3.05, 3.63) is 70.9 Å². The molecule has 0 fully saturated rings. The topological polar surface area (TPSA) is 32.9 Å². The van der Waals surface area contributed by atoms with Gasteiger partial charge in [0.1, 0.15) is 0 Å². The maximum atomic E-state index is 12.6. The quantitative estimate of drug-likeness (QED) is 0.701. The zero-order valence-electron chi connectivity index (χ0n) is 12.4. The summed E-state index contributed by atoms with van der Waals surface area (Å²) in [7, 11) is 0. The number of carbonyl (C=O) groups is 1. The van der Waals surface area contributed by atoms with E-state index < -0.39 is 0 Å². The molecule has 2 aromatic carbocycles. The molecule has 1 heterocycles. The Morgan fingerprint density at radius 2 is 1.86 bits per heavy atom. The third-order valence-corrected chi connectivity index (χ3v) is 3.97. The van der Waals surface area contributed by atoms with Crippen LogP contribution in [0.15, 0.2) is 48.7 Å². The van der Waals surface area contributed by atoms with Gasteiger partial charge in [-0.3, -0.25) is 4.79 Å². The highest BCUT2D eigenvalue weighted by atomic mass is 16.1. The lowest BCUT2D eigenvalue weighted by Gasteiger charge is -2.02. The van der Waals surface area contributed by atoms with E-state index >= 15 is 0 Å². The number of H-pyrrole nitrogens is 1. The minimum atomic E-state index is 0.165. The summed E-state index contributed by atoms with van der Waals surface area (Å²) in [5.41, 5.74) is 5.41. The third kappa shape index (κ3) is 2.62. The molecule has 0 aliphatic heterocycles. The van der Waals surface area contributed by atoms with Crippen LogP contribution in [0.25, 0.3) is 10.9 Å². The predicted octanol–water partition coefficient (Wildman–Crippen LogP) is 4.46. The van der Waals surface area contributed by atoms with Crippen molar-refractivity contribution in [2.45, 2.75) is 26.7 Å². The Morgan fingerprint density at radius 3 is 2.57 bits per heavy atom. The molecular formula is C19H19NO. The summed E-state index contributed by atoms with van der Waals surface area (Å²) in [4.78, 5) is 15.8. The van der Waals surface area contributed by atoms with Crippen LogP contribution >= 0.6 is 0 Å². The molecule has 0 radical (unpaired) electrons. The number of carbonyl (C=O) groups excluding carboxylic acids is 1. The molecule has 0 bridgehead atoms. The molecule has 0 saturated carbocycles. The Bertz CT molecular complexity index is 781. The summed E-state index contributed by atoms with van der Waals surface area (Å²) in [5.74, 6) is 0.165. The van der Waals surface area contributed by atoms with Crippen LogP contribution < -0.4 is 0 Å². The molecule has 0 amide bonds. The summed E-state index contributed by atoms with van der Waals surface area (Å²) >= 11 is 0. The van der Waals surface area contributed by atoms with Gasteiger partial charge in [-0.05, 0) is 24.5 Å². The number of benzene rings is 2. The second-order valence-electron chi connectivity index (χ2n) is 5.48. The number of nitrogens with one attached hydrogen (secondary N) is 1. The zero-order valence-corrected chi connectivity index (χ0v) is 12.4. The highest BCUT2D eigenvalue weighted by molar-refractivity contribution is 6.09. The van der Waals surface area contributed by atoms with Crippen molar-refractivity contribution < 1.29 is 4.79 Å². The predicted molar refractivity (Wildman–Crippen MR) is 86.9 cm³/mol. The molecule has 2 nitrogen and oxygen atoms in total. The SMILES string of the molecule is CCc1cccc2c(C(=O)Cc3ccc(C)cc3)c[nH]c12. The van der Waals surface area contributed by atoms with Crippen LogP contribution in [0.4, 0.5) is 0 Å². The Morgan fingerprint density at radius 1 is 1.10 bits per heavy atom. The first-order valence-electron chi connectivity index (χ1n) is 7.36. The van der Waals surface area contributed by atoms with Gasteiger partial charge in [0.25, 0.3) is 0 Å². The summed E-state index contributed by atoms with van der Waals surface area (Å²) in [5, 5.41) is 1.03. The molecule has 2 heteroatoms. The van der Waals surface area contributed by atoms with E-state index in [2.05, 4.69) is 24.9 Å². The lowest BCUT2D eigenvalue weighted by molar-refractivity contribution is 0.0994. The van der Waals surface area contributed by atoms with E-state index in [1.807, 2.05) is 42.6 Å². The minimum absolute atomic E-state index is 0.165. The summed E-state index contributed by atoms with van der Waals surface area (Å²) in [6.45, 7) is 4.18. The number of ketones is 1. The van der Waals surface area contributed by atoms with Crippen molar-refractivity contribution in [3.8, 4) is 0 Å². The average molecular weight is 277 g/mol. The van der Waals surface area contributed by atoms with Crippen LogP contribution in [0.2, 0.25) is 0 Å². The Labute approximate surface area is 124 Å². The normalized spacial score (nSPS) is 11.0. The third-order valence-electron chi connectivity index (χ3n) is 3.97. The number of aromatic amines is 1. The zero-order chi connectivity index (χ0) is 14.8. The van der Waals surface area contributed by atoms with Crippen LogP contribution in [-0.4, -0.2) is 10.8 Å². The second-order valence-corrected chi connectivity index (χ2v) is 5.48. The van der Waals surface area contributed by atoms with Gasteiger partial charge in [0, 0.05) is 29.1 Å². The van der Waals surface area contributed by atoms with Crippen LogP contribution in [0.1, 0.15) is 34.0 Å². The van der Waals surface area contributed by atoms with Crippen LogP contribution in [0.3, 0.4) is 0 Å². The number of aromatic nitrogens is 1.